The monoisotopic (exact) mass is 438 g/mol. The molecule has 0 bridgehead atoms. The Labute approximate surface area is 189 Å². The molecule has 2 aromatic carbocycles. The van der Waals surface area contributed by atoms with Gasteiger partial charge >= 0.3 is 0 Å². The molecule has 2 aromatic rings. The van der Waals surface area contributed by atoms with E-state index in [0.29, 0.717) is 36.5 Å². The standard InChI is InChI=1S/C25H31FN4O2/c1-4-29-16-20(15-27)12-22(14-25(28)31-3)30-24-11-10-21(26)13-23(24)18(2)32-17-19-8-6-5-7-9-19/h5-11,13-16,18H,4,12,17,27-28H2,1-3H3/t18-/m1/s1. The molecule has 0 saturated heterocycles. The zero-order valence-electron chi connectivity index (χ0n) is 18.8. The molecular weight excluding hydrogens is 407 g/mol. The van der Waals surface area contributed by atoms with Gasteiger partial charge in [-0.25, -0.2) is 4.39 Å². The van der Waals surface area contributed by atoms with Crippen LogP contribution in [0.25, 0.3) is 0 Å². The van der Waals surface area contributed by atoms with E-state index < -0.39 is 0 Å². The molecule has 0 spiro atoms. The molecule has 0 saturated carbocycles. The van der Waals surface area contributed by atoms with Gasteiger partial charge in [-0.2, -0.15) is 0 Å². The summed E-state index contributed by atoms with van der Waals surface area (Å²) >= 11 is 0. The summed E-state index contributed by atoms with van der Waals surface area (Å²) in [6.07, 6.45) is 4.78. The normalized spacial score (nSPS) is 14.1. The number of nitrogens with zero attached hydrogens (tertiary/aromatic N) is 2. The molecule has 0 aliphatic heterocycles. The molecule has 7 heteroatoms. The summed E-state index contributed by atoms with van der Waals surface area (Å²) in [6.45, 7) is 4.84. The zero-order chi connectivity index (χ0) is 23.3. The van der Waals surface area contributed by atoms with Crippen molar-refractivity contribution in [3.63, 3.8) is 0 Å². The Morgan fingerprint density at radius 3 is 2.59 bits per heavy atom. The Bertz CT molecular complexity index is 985. The lowest BCUT2D eigenvalue weighted by Gasteiger charge is -2.16. The first-order valence-corrected chi connectivity index (χ1v) is 10.4. The number of allylic oxidation sites excluding steroid dienone is 2. The first-order valence-electron chi connectivity index (χ1n) is 10.4. The lowest BCUT2D eigenvalue weighted by atomic mass is 10.1. The van der Waals surface area contributed by atoms with Crippen LogP contribution in [0.2, 0.25) is 0 Å². The van der Waals surface area contributed by atoms with Crippen LogP contribution in [0, 0.1) is 5.82 Å². The molecular formula is C25H31FN4O2. The fourth-order valence-corrected chi connectivity index (χ4v) is 2.90. The van der Waals surface area contributed by atoms with Crippen molar-refractivity contribution in [2.75, 3.05) is 13.7 Å². The van der Waals surface area contributed by atoms with Crippen LogP contribution in [-0.2, 0) is 16.1 Å². The third-order valence-corrected chi connectivity index (χ3v) is 4.62. The van der Waals surface area contributed by atoms with Crippen LogP contribution in [-0.4, -0.2) is 25.6 Å². The third kappa shape index (κ3) is 8.00. The third-order valence-electron chi connectivity index (χ3n) is 4.62. The molecule has 2 rings (SSSR count). The van der Waals surface area contributed by atoms with Gasteiger partial charge in [0.15, 0.2) is 5.88 Å². The van der Waals surface area contributed by atoms with E-state index in [-0.39, 0.29) is 17.8 Å². The SMILES string of the molecule is CCN=CC(=CN)CC(C=C(N)OC)=Nc1ccc(F)cc1[C@@H](C)OCc1ccccc1. The quantitative estimate of drug-likeness (QED) is 0.383. The second-order valence-corrected chi connectivity index (χ2v) is 7.04. The zero-order valence-corrected chi connectivity index (χ0v) is 18.8. The van der Waals surface area contributed by atoms with Crippen molar-refractivity contribution in [1.82, 2.24) is 0 Å². The van der Waals surface area contributed by atoms with E-state index in [1.807, 2.05) is 44.2 Å². The topological polar surface area (TPSA) is 95.2 Å². The predicted molar refractivity (Wildman–Crippen MR) is 128 cm³/mol. The lowest BCUT2D eigenvalue weighted by molar-refractivity contribution is 0.0527. The minimum atomic E-state index is -0.388. The second kappa shape index (κ2) is 13.1. The highest BCUT2D eigenvalue weighted by Crippen LogP contribution is 2.30. The summed E-state index contributed by atoms with van der Waals surface area (Å²) in [5, 5.41) is 0. The highest BCUT2D eigenvalue weighted by atomic mass is 19.1. The number of nitrogens with two attached hydrogens (primary N) is 2. The van der Waals surface area contributed by atoms with Crippen LogP contribution in [0.5, 0.6) is 0 Å². The van der Waals surface area contributed by atoms with Crippen LogP contribution in [0.4, 0.5) is 10.1 Å². The number of ether oxygens (including phenoxy) is 2. The number of methoxy groups -OCH3 is 1. The molecule has 32 heavy (non-hydrogen) atoms. The van der Waals surface area contributed by atoms with Gasteiger partial charge < -0.3 is 20.9 Å². The number of hydrogen-bond donors (Lipinski definition) is 2. The number of hydrogen-bond acceptors (Lipinski definition) is 6. The van der Waals surface area contributed by atoms with Gasteiger partial charge in [0.2, 0.25) is 0 Å². The molecule has 0 fully saturated rings. The van der Waals surface area contributed by atoms with Crippen molar-refractivity contribution in [3.8, 4) is 0 Å². The van der Waals surface area contributed by atoms with E-state index in [2.05, 4.69) is 4.99 Å². The molecule has 4 N–H and O–H groups in total. The molecule has 170 valence electrons. The molecule has 0 amide bonds. The summed E-state index contributed by atoms with van der Waals surface area (Å²) < 4.78 is 25.2. The molecule has 6 nitrogen and oxygen atoms in total. The Morgan fingerprint density at radius 1 is 1.19 bits per heavy atom. The summed E-state index contributed by atoms with van der Waals surface area (Å²) in [5.74, 6) is -0.162. The number of aliphatic imine (C=N–C) groups is 2. The maximum absolute atomic E-state index is 14.1. The average molecular weight is 439 g/mol. The molecule has 0 aliphatic rings. The van der Waals surface area contributed by atoms with Crippen molar-refractivity contribution >= 4 is 17.6 Å². The van der Waals surface area contributed by atoms with Gasteiger partial charge in [-0.1, -0.05) is 30.3 Å². The second-order valence-electron chi connectivity index (χ2n) is 7.04. The van der Waals surface area contributed by atoms with E-state index in [4.69, 9.17) is 25.9 Å². The highest BCUT2D eigenvalue weighted by Gasteiger charge is 2.14. The number of rotatable bonds is 11. The van der Waals surface area contributed by atoms with E-state index in [1.54, 1.807) is 18.4 Å². The number of halogens is 1. The average Bonchev–Trinajstić information content (AvgIpc) is 2.81. The fourth-order valence-electron chi connectivity index (χ4n) is 2.90. The largest absolute Gasteiger partial charge is 0.483 e. The molecule has 0 aliphatic carbocycles. The molecule has 0 radical (unpaired) electrons. The molecule has 0 heterocycles. The Kier molecular flexibility index (Phi) is 10.1. The fraction of sp³-hybridized carbons (Fsp3) is 0.280. The molecule has 1 atom stereocenters. The summed E-state index contributed by atoms with van der Waals surface area (Å²) in [5.41, 5.74) is 15.2. The van der Waals surface area contributed by atoms with Crippen LogP contribution in [0.1, 0.15) is 37.5 Å². The Hall–Kier alpha value is -3.45. The first-order chi connectivity index (χ1) is 15.5. The van der Waals surface area contributed by atoms with E-state index >= 15 is 0 Å². The van der Waals surface area contributed by atoms with E-state index in [1.165, 1.54) is 25.4 Å². The van der Waals surface area contributed by atoms with Gasteiger partial charge in [0, 0.05) is 30.8 Å². The maximum atomic E-state index is 14.1. The number of benzene rings is 2. The van der Waals surface area contributed by atoms with Gasteiger partial charge in [-0.05, 0) is 49.4 Å². The lowest BCUT2D eigenvalue weighted by Crippen LogP contribution is -2.07. The van der Waals surface area contributed by atoms with Gasteiger partial charge in [0.1, 0.15) is 5.82 Å². The molecule has 0 aromatic heterocycles. The molecule has 0 unspecified atom stereocenters. The summed E-state index contributed by atoms with van der Waals surface area (Å²) in [6, 6.07) is 14.2. The smallest absolute Gasteiger partial charge is 0.185 e. The minimum Gasteiger partial charge on any atom is -0.483 e. The first kappa shape index (κ1) is 24.8. The highest BCUT2D eigenvalue weighted by molar-refractivity contribution is 6.02. The van der Waals surface area contributed by atoms with Gasteiger partial charge in [-0.3, -0.25) is 9.98 Å². The van der Waals surface area contributed by atoms with Crippen molar-refractivity contribution in [2.24, 2.45) is 21.5 Å². The van der Waals surface area contributed by atoms with Crippen molar-refractivity contribution < 1.29 is 13.9 Å². The minimum absolute atomic E-state index is 0.199. The van der Waals surface area contributed by atoms with Gasteiger partial charge in [0.05, 0.1) is 31.2 Å². The Morgan fingerprint density at radius 2 is 1.94 bits per heavy atom. The van der Waals surface area contributed by atoms with Crippen LogP contribution in [0.3, 0.4) is 0 Å². The van der Waals surface area contributed by atoms with Crippen LogP contribution >= 0.6 is 0 Å². The Balaban J connectivity index is 2.37. The van der Waals surface area contributed by atoms with Crippen LogP contribution < -0.4 is 11.5 Å². The summed E-state index contributed by atoms with van der Waals surface area (Å²) in [4.78, 5) is 8.97. The van der Waals surface area contributed by atoms with Crippen molar-refractivity contribution in [3.05, 3.63) is 89.2 Å². The predicted octanol–water partition coefficient (Wildman–Crippen LogP) is 4.95. The van der Waals surface area contributed by atoms with Crippen molar-refractivity contribution in [1.29, 1.82) is 0 Å². The summed E-state index contributed by atoms with van der Waals surface area (Å²) in [7, 11) is 1.48. The van der Waals surface area contributed by atoms with Crippen molar-refractivity contribution in [2.45, 2.75) is 33.0 Å². The van der Waals surface area contributed by atoms with E-state index in [0.717, 1.165) is 11.1 Å². The van der Waals surface area contributed by atoms with Gasteiger partial charge in [0.25, 0.3) is 0 Å². The van der Waals surface area contributed by atoms with Gasteiger partial charge in [-0.15, -0.1) is 0 Å². The maximum Gasteiger partial charge on any atom is 0.185 e. The van der Waals surface area contributed by atoms with Crippen LogP contribution in [0.15, 0.2) is 82.2 Å². The van der Waals surface area contributed by atoms with E-state index in [9.17, 15) is 4.39 Å².